The van der Waals surface area contributed by atoms with Gasteiger partial charge in [-0.15, -0.1) is 0 Å². The van der Waals surface area contributed by atoms with E-state index in [9.17, 15) is 18.3 Å². The fourth-order valence-corrected chi connectivity index (χ4v) is 4.46. The minimum absolute atomic E-state index is 0.0146. The molecule has 0 unspecified atom stereocenters. The van der Waals surface area contributed by atoms with E-state index in [0.29, 0.717) is 34.3 Å². The van der Waals surface area contributed by atoms with E-state index < -0.39 is 16.0 Å². The molecule has 0 aliphatic rings. The van der Waals surface area contributed by atoms with Crippen molar-refractivity contribution in [3.05, 3.63) is 52.3 Å². The zero-order valence-electron chi connectivity index (χ0n) is 15.9. The van der Waals surface area contributed by atoms with Crippen LogP contribution in [0.4, 0.5) is 16.8 Å². The Balaban J connectivity index is 1.78. The summed E-state index contributed by atoms with van der Waals surface area (Å²) in [5, 5.41) is 12.6. The number of aromatic carboxylic acids is 1. The lowest BCUT2D eigenvalue weighted by atomic mass is 10.3. The normalized spacial score (nSPS) is 11.3. The number of anilines is 3. The van der Waals surface area contributed by atoms with Gasteiger partial charge in [0, 0.05) is 17.1 Å². The minimum atomic E-state index is -3.85. The van der Waals surface area contributed by atoms with Crippen LogP contribution >= 0.6 is 11.3 Å². The van der Waals surface area contributed by atoms with Crippen molar-refractivity contribution in [1.29, 1.82) is 0 Å². The van der Waals surface area contributed by atoms with E-state index >= 15 is 0 Å². The predicted molar refractivity (Wildman–Crippen MR) is 110 cm³/mol. The van der Waals surface area contributed by atoms with Crippen LogP contribution in [0.15, 0.2) is 35.2 Å². The molecular formula is C18H19N5O4S2. The van der Waals surface area contributed by atoms with Crippen LogP contribution in [0.1, 0.15) is 33.7 Å². The average Bonchev–Trinajstić information content (AvgIpc) is 3.04. The van der Waals surface area contributed by atoms with E-state index in [2.05, 4.69) is 25.0 Å². The number of sulfonamides is 1. The molecule has 3 N–H and O–H groups in total. The number of carboxylic acids is 1. The maximum Gasteiger partial charge on any atom is 0.347 e. The van der Waals surface area contributed by atoms with Gasteiger partial charge in [0.05, 0.1) is 10.6 Å². The summed E-state index contributed by atoms with van der Waals surface area (Å²) in [5.41, 5.74) is 2.40. The lowest BCUT2D eigenvalue weighted by Gasteiger charge is -2.09. The monoisotopic (exact) mass is 433 g/mol. The zero-order valence-corrected chi connectivity index (χ0v) is 17.6. The summed E-state index contributed by atoms with van der Waals surface area (Å²) in [6.45, 7) is 5.34. The summed E-state index contributed by atoms with van der Waals surface area (Å²) in [6.07, 6.45) is 0.503. The van der Waals surface area contributed by atoms with Gasteiger partial charge in [0.15, 0.2) is 5.13 Å². The molecule has 0 aliphatic carbocycles. The first-order chi connectivity index (χ1) is 13.7. The highest BCUT2D eigenvalue weighted by Crippen LogP contribution is 2.27. The number of hydrogen-bond donors (Lipinski definition) is 3. The van der Waals surface area contributed by atoms with Crippen LogP contribution < -0.4 is 10.0 Å². The van der Waals surface area contributed by atoms with Gasteiger partial charge in [-0.3, -0.25) is 0 Å². The lowest BCUT2D eigenvalue weighted by Crippen LogP contribution is -2.15. The molecular weight excluding hydrogens is 414 g/mol. The van der Waals surface area contributed by atoms with Crippen molar-refractivity contribution >= 4 is 44.1 Å². The van der Waals surface area contributed by atoms with E-state index in [4.69, 9.17) is 0 Å². The number of nitrogens with zero attached hydrogens (tertiary/aromatic N) is 3. The number of carboxylic acid groups (broad SMARTS) is 1. The van der Waals surface area contributed by atoms with Crippen molar-refractivity contribution in [3.8, 4) is 0 Å². The summed E-state index contributed by atoms with van der Waals surface area (Å²) in [7, 11) is -3.85. The SMILES string of the molecule is CCc1nc(Nc2ccc(S(=O)(=O)Nc3nc(C)cc(C)n3)cc2)sc1C(=O)O. The third kappa shape index (κ3) is 4.87. The first-order valence-corrected chi connectivity index (χ1v) is 10.9. The smallest absolute Gasteiger partial charge is 0.347 e. The van der Waals surface area contributed by atoms with Gasteiger partial charge in [0.1, 0.15) is 4.88 Å². The molecule has 2 heterocycles. The molecule has 0 fully saturated rings. The number of rotatable bonds is 7. The maximum atomic E-state index is 12.6. The van der Waals surface area contributed by atoms with Crippen molar-refractivity contribution in [2.24, 2.45) is 0 Å². The summed E-state index contributed by atoms with van der Waals surface area (Å²) in [6, 6.07) is 7.75. The number of aromatic nitrogens is 3. The molecule has 0 atom stereocenters. The Morgan fingerprint density at radius 3 is 2.24 bits per heavy atom. The highest BCUT2D eigenvalue weighted by atomic mass is 32.2. The highest BCUT2D eigenvalue weighted by molar-refractivity contribution is 7.92. The van der Waals surface area contributed by atoms with Crippen molar-refractivity contribution in [1.82, 2.24) is 15.0 Å². The molecule has 0 saturated heterocycles. The molecule has 1 aromatic carbocycles. The van der Waals surface area contributed by atoms with Crippen LogP contribution in [-0.4, -0.2) is 34.4 Å². The predicted octanol–water partition coefficient (Wildman–Crippen LogP) is 3.35. The Bertz CT molecular complexity index is 1140. The van der Waals surface area contributed by atoms with Crippen molar-refractivity contribution in [3.63, 3.8) is 0 Å². The van der Waals surface area contributed by atoms with Crippen molar-refractivity contribution in [2.75, 3.05) is 10.0 Å². The third-order valence-electron chi connectivity index (χ3n) is 3.85. The fraction of sp³-hybridized carbons (Fsp3) is 0.222. The Morgan fingerprint density at radius 1 is 1.10 bits per heavy atom. The van der Waals surface area contributed by atoms with Crippen LogP contribution in [0.5, 0.6) is 0 Å². The number of benzene rings is 1. The largest absolute Gasteiger partial charge is 0.477 e. The second-order valence-electron chi connectivity index (χ2n) is 6.18. The number of aryl methyl sites for hydroxylation is 3. The molecule has 0 spiro atoms. The van der Waals surface area contributed by atoms with Crippen molar-refractivity contribution < 1.29 is 18.3 Å². The standard InChI is InChI=1S/C18H19N5O4S2/c1-4-14-15(16(24)25)28-18(22-14)21-12-5-7-13(8-6-12)29(26,27)23-17-19-10(2)9-11(3)20-17/h5-9H,4H2,1-3H3,(H,21,22)(H,24,25)(H,19,20,23). The second-order valence-corrected chi connectivity index (χ2v) is 8.86. The van der Waals surface area contributed by atoms with Gasteiger partial charge in [-0.1, -0.05) is 18.3 Å². The summed E-state index contributed by atoms with van der Waals surface area (Å²) >= 11 is 1.03. The zero-order chi connectivity index (χ0) is 21.2. The fourth-order valence-electron chi connectivity index (χ4n) is 2.60. The Hall–Kier alpha value is -3.05. The van der Waals surface area contributed by atoms with Gasteiger partial charge in [-0.05, 0) is 50.6 Å². The van der Waals surface area contributed by atoms with E-state index in [-0.39, 0.29) is 15.7 Å². The van der Waals surface area contributed by atoms with Gasteiger partial charge >= 0.3 is 5.97 Å². The third-order valence-corrected chi connectivity index (χ3v) is 6.20. The number of thiazole rings is 1. The molecule has 0 saturated carbocycles. The molecule has 3 rings (SSSR count). The number of nitrogens with one attached hydrogen (secondary N) is 2. The van der Waals surface area contributed by atoms with Crippen LogP contribution in [0.3, 0.4) is 0 Å². The molecule has 0 amide bonds. The van der Waals surface area contributed by atoms with E-state index in [1.54, 1.807) is 32.0 Å². The summed E-state index contributed by atoms with van der Waals surface area (Å²) < 4.78 is 27.5. The molecule has 152 valence electrons. The molecule has 0 bridgehead atoms. The maximum absolute atomic E-state index is 12.6. The average molecular weight is 434 g/mol. The van der Waals surface area contributed by atoms with Crippen LogP contribution in [0.25, 0.3) is 0 Å². The van der Waals surface area contributed by atoms with Crippen LogP contribution in [0, 0.1) is 13.8 Å². The second kappa shape index (κ2) is 8.13. The molecule has 0 radical (unpaired) electrons. The van der Waals surface area contributed by atoms with Gasteiger partial charge < -0.3 is 10.4 Å². The molecule has 29 heavy (non-hydrogen) atoms. The Kier molecular flexibility index (Phi) is 5.80. The van der Waals surface area contributed by atoms with Gasteiger partial charge in [0.2, 0.25) is 5.95 Å². The highest BCUT2D eigenvalue weighted by Gasteiger charge is 2.18. The van der Waals surface area contributed by atoms with Gasteiger partial charge in [-0.25, -0.2) is 32.9 Å². The number of hydrogen-bond acceptors (Lipinski definition) is 8. The van der Waals surface area contributed by atoms with E-state index in [1.165, 1.54) is 12.1 Å². The van der Waals surface area contributed by atoms with E-state index in [0.717, 1.165) is 11.3 Å². The first-order valence-electron chi connectivity index (χ1n) is 8.63. The molecule has 3 aromatic rings. The Labute approximate surface area is 171 Å². The summed E-state index contributed by atoms with van der Waals surface area (Å²) in [5.74, 6) is -1.01. The lowest BCUT2D eigenvalue weighted by molar-refractivity contribution is 0.0700. The van der Waals surface area contributed by atoms with Gasteiger partial charge in [-0.2, -0.15) is 0 Å². The Morgan fingerprint density at radius 2 is 1.72 bits per heavy atom. The van der Waals surface area contributed by atoms with Crippen LogP contribution in [-0.2, 0) is 16.4 Å². The minimum Gasteiger partial charge on any atom is -0.477 e. The molecule has 0 aliphatic heterocycles. The molecule has 11 heteroatoms. The first kappa shape index (κ1) is 20.7. The quantitative estimate of drug-likeness (QED) is 0.516. The topological polar surface area (TPSA) is 134 Å². The van der Waals surface area contributed by atoms with E-state index in [1.807, 2.05) is 6.92 Å². The number of carbonyl (C=O) groups is 1. The molecule has 2 aromatic heterocycles. The van der Waals surface area contributed by atoms with Crippen molar-refractivity contribution in [2.45, 2.75) is 32.1 Å². The molecule has 9 nitrogen and oxygen atoms in total. The van der Waals surface area contributed by atoms with Crippen LogP contribution in [0.2, 0.25) is 0 Å². The van der Waals surface area contributed by atoms with Gasteiger partial charge in [0.25, 0.3) is 10.0 Å². The summed E-state index contributed by atoms with van der Waals surface area (Å²) in [4.78, 5) is 23.9.